The van der Waals surface area contributed by atoms with Crippen molar-refractivity contribution in [3.63, 3.8) is 0 Å². The Morgan fingerprint density at radius 1 is 1.36 bits per heavy atom. The SMILES string of the molecule is CC(=O)Nc1nc(COC(=O)CC2Sc3ccccc3NC2=O)cs1. The van der Waals surface area contributed by atoms with Crippen LogP contribution in [-0.2, 0) is 25.7 Å². The molecule has 0 spiro atoms. The number of carbonyl (C=O) groups excluding carboxylic acids is 3. The molecule has 1 aliphatic rings. The van der Waals surface area contributed by atoms with E-state index in [1.807, 2.05) is 24.3 Å². The van der Waals surface area contributed by atoms with E-state index in [0.29, 0.717) is 10.8 Å². The predicted octanol–water partition coefficient (Wildman–Crippen LogP) is 2.65. The molecule has 130 valence electrons. The highest BCUT2D eigenvalue weighted by atomic mass is 32.2. The van der Waals surface area contributed by atoms with Gasteiger partial charge in [-0.25, -0.2) is 4.98 Å². The Balaban J connectivity index is 1.52. The zero-order valence-corrected chi connectivity index (χ0v) is 14.9. The number of fused-ring (bicyclic) bond motifs is 1. The number of para-hydroxylation sites is 1. The van der Waals surface area contributed by atoms with Crippen molar-refractivity contribution in [2.75, 3.05) is 10.6 Å². The van der Waals surface area contributed by atoms with Crippen molar-refractivity contribution in [2.45, 2.75) is 30.1 Å². The van der Waals surface area contributed by atoms with E-state index < -0.39 is 11.2 Å². The quantitative estimate of drug-likeness (QED) is 0.778. The average molecular weight is 377 g/mol. The Kier molecular flexibility index (Phi) is 5.34. The summed E-state index contributed by atoms with van der Waals surface area (Å²) in [6.07, 6.45) is -0.0203. The molecule has 0 radical (unpaired) electrons. The van der Waals surface area contributed by atoms with E-state index in [4.69, 9.17) is 4.74 Å². The fourth-order valence-corrected chi connectivity index (χ4v) is 4.01. The van der Waals surface area contributed by atoms with E-state index in [0.717, 1.165) is 10.6 Å². The molecule has 25 heavy (non-hydrogen) atoms. The summed E-state index contributed by atoms with van der Waals surface area (Å²) in [4.78, 5) is 40.1. The summed E-state index contributed by atoms with van der Waals surface area (Å²) in [6, 6.07) is 7.45. The minimum absolute atomic E-state index is 0.00447. The van der Waals surface area contributed by atoms with Crippen LogP contribution in [0.5, 0.6) is 0 Å². The minimum Gasteiger partial charge on any atom is -0.459 e. The average Bonchev–Trinajstić information content (AvgIpc) is 3.00. The number of hydrogen-bond acceptors (Lipinski definition) is 7. The van der Waals surface area contributed by atoms with Gasteiger partial charge >= 0.3 is 5.97 Å². The Labute approximate surface area is 152 Å². The number of ether oxygens (including phenoxy) is 1. The lowest BCUT2D eigenvalue weighted by Gasteiger charge is -2.23. The van der Waals surface area contributed by atoms with Crippen molar-refractivity contribution < 1.29 is 19.1 Å². The maximum absolute atomic E-state index is 12.1. The molecule has 1 atom stereocenters. The molecule has 2 aromatic rings. The monoisotopic (exact) mass is 377 g/mol. The Hall–Kier alpha value is -2.39. The number of amides is 2. The number of esters is 1. The zero-order chi connectivity index (χ0) is 17.8. The smallest absolute Gasteiger partial charge is 0.307 e. The number of thiazole rings is 1. The highest BCUT2D eigenvalue weighted by Crippen LogP contribution is 2.36. The fraction of sp³-hybridized carbons (Fsp3) is 0.250. The first-order valence-corrected chi connectivity index (χ1v) is 9.21. The lowest BCUT2D eigenvalue weighted by atomic mass is 10.2. The molecule has 2 heterocycles. The summed E-state index contributed by atoms with van der Waals surface area (Å²) in [5.41, 5.74) is 1.31. The van der Waals surface area contributed by atoms with Crippen molar-refractivity contribution in [2.24, 2.45) is 0 Å². The number of anilines is 2. The first-order valence-electron chi connectivity index (χ1n) is 7.45. The topological polar surface area (TPSA) is 97.4 Å². The molecule has 1 aromatic heterocycles. The van der Waals surface area contributed by atoms with E-state index in [9.17, 15) is 14.4 Å². The van der Waals surface area contributed by atoms with Crippen LogP contribution in [0.1, 0.15) is 19.0 Å². The molecule has 2 N–H and O–H groups in total. The Morgan fingerprint density at radius 2 is 2.16 bits per heavy atom. The van der Waals surface area contributed by atoms with Gasteiger partial charge in [0.1, 0.15) is 6.61 Å². The van der Waals surface area contributed by atoms with Crippen molar-refractivity contribution in [1.29, 1.82) is 0 Å². The van der Waals surface area contributed by atoms with Crippen LogP contribution in [0.15, 0.2) is 34.5 Å². The second-order valence-electron chi connectivity index (χ2n) is 5.28. The Bertz CT molecular complexity index is 821. The van der Waals surface area contributed by atoms with Crippen LogP contribution in [0.2, 0.25) is 0 Å². The third-order valence-electron chi connectivity index (χ3n) is 3.27. The first-order chi connectivity index (χ1) is 12.0. The number of carbonyl (C=O) groups is 3. The standard InChI is InChI=1S/C16H15N3O4S2/c1-9(20)17-16-18-10(8-24-16)7-23-14(21)6-13-15(22)19-11-4-2-3-5-12(11)25-13/h2-5,8,13H,6-7H2,1H3,(H,19,22)(H,17,18,20). The van der Waals surface area contributed by atoms with Crippen molar-refractivity contribution in [3.8, 4) is 0 Å². The summed E-state index contributed by atoms with van der Waals surface area (Å²) < 4.78 is 5.18. The number of nitrogens with zero attached hydrogens (tertiary/aromatic N) is 1. The number of hydrogen-bond donors (Lipinski definition) is 2. The minimum atomic E-state index is -0.521. The number of rotatable bonds is 5. The van der Waals surface area contributed by atoms with E-state index in [2.05, 4.69) is 15.6 Å². The highest BCUT2D eigenvalue weighted by Gasteiger charge is 2.29. The molecule has 0 aliphatic carbocycles. The number of nitrogens with one attached hydrogen (secondary N) is 2. The molecule has 1 aromatic carbocycles. The second kappa shape index (κ2) is 7.66. The second-order valence-corrected chi connectivity index (χ2v) is 7.38. The number of benzene rings is 1. The summed E-state index contributed by atoms with van der Waals surface area (Å²) in [5.74, 6) is -0.887. The van der Waals surface area contributed by atoms with Gasteiger partial charge in [-0.15, -0.1) is 23.1 Å². The predicted molar refractivity (Wildman–Crippen MR) is 95.5 cm³/mol. The maximum atomic E-state index is 12.1. The number of thioether (sulfide) groups is 1. The molecule has 0 fully saturated rings. The van der Waals surface area contributed by atoms with Gasteiger partial charge in [0.25, 0.3) is 0 Å². The molecule has 3 rings (SSSR count). The van der Waals surface area contributed by atoms with Crippen LogP contribution >= 0.6 is 23.1 Å². The third-order valence-corrected chi connectivity index (χ3v) is 5.36. The van der Waals surface area contributed by atoms with Gasteiger partial charge in [0, 0.05) is 17.2 Å². The lowest BCUT2D eigenvalue weighted by molar-refractivity contribution is -0.145. The van der Waals surface area contributed by atoms with Gasteiger partial charge < -0.3 is 15.4 Å². The van der Waals surface area contributed by atoms with Crippen molar-refractivity contribution in [3.05, 3.63) is 35.3 Å². The molecule has 1 aliphatic heterocycles. The lowest BCUT2D eigenvalue weighted by Crippen LogP contribution is -2.31. The van der Waals surface area contributed by atoms with E-state index >= 15 is 0 Å². The van der Waals surface area contributed by atoms with Crippen LogP contribution in [-0.4, -0.2) is 28.0 Å². The van der Waals surface area contributed by atoms with Gasteiger partial charge in [0.05, 0.1) is 23.1 Å². The van der Waals surface area contributed by atoms with Crippen LogP contribution in [0.25, 0.3) is 0 Å². The molecular formula is C16H15N3O4S2. The van der Waals surface area contributed by atoms with Crippen molar-refractivity contribution >= 4 is 51.7 Å². The summed E-state index contributed by atoms with van der Waals surface area (Å²) in [5, 5.41) is 7.00. The normalized spacial score (nSPS) is 15.9. The summed E-state index contributed by atoms with van der Waals surface area (Å²) in [7, 11) is 0. The van der Waals surface area contributed by atoms with Crippen LogP contribution in [0, 0.1) is 0 Å². The molecule has 2 amide bonds. The molecule has 0 saturated carbocycles. The van der Waals surface area contributed by atoms with Crippen molar-refractivity contribution in [1.82, 2.24) is 4.98 Å². The largest absolute Gasteiger partial charge is 0.459 e. The van der Waals surface area contributed by atoms with Crippen LogP contribution in [0.4, 0.5) is 10.8 Å². The maximum Gasteiger partial charge on any atom is 0.307 e. The van der Waals surface area contributed by atoms with E-state index in [-0.39, 0.29) is 24.8 Å². The Morgan fingerprint density at radius 3 is 2.96 bits per heavy atom. The summed E-state index contributed by atoms with van der Waals surface area (Å²) >= 11 is 2.61. The van der Waals surface area contributed by atoms with Gasteiger partial charge in [-0.1, -0.05) is 12.1 Å². The van der Waals surface area contributed by atoms with E-state index in [1.54, 1.807) is 5.38 Å². The highest BCUT2D eigenvalue weighted by molar-refractivity contribution is 8.01. The van der Waals surface area contributed by atoms with E-state index in [1.165, 1.54) is 30.0 Å². The van der Waals surface area contributed by atoms with Gasteiger partial charge in [-0.05, 0) is 12.1 Å². The van der Waals surface area contributed by atoms with Crippen LogP contribution in [0.3, 0.4) is 0 Å². The molecule has 1 unspecified atom stereocenters. The summed E-state index contributed by atoms with van der Waals surface area (Å²) in [6.45, 7) is 1.40. The zero-order valence-electron chi connectivity index (χ0n) is 13.3. The van der Waals surface area contributed by atoms with Gasteiger partial charge in [0.15, 0.2) is 5.13 Å². The molecule has 0 saturated heterocycles. The third kappa shape index (κ3) is 4.58. The molecular weight excluding hydrogens is 362 g/mol. The number of aromatic nitrogens is 1. The van der Waals surface area contributed by atoms with Gasteiger partial charge in [-0.2, -0.15) is 0 Å². The molecule has 9 heteroatoms. The van der Waals surface area contributed by atoms with Crippen LogP contribution < -0.4 is 10.6 Å². The molecule has 7 nitrogen and oxygen atoms in total. The first kappa shape index (κ1) is 17.4. The molecule has 0 bridgehead atoms. The van der Waals surface area contributed by atoms with Gasteiger partial charge in [0.2, 0.25) is 11.8 Å². The fourth-order valence-electron chi connectivity index (χ4n) is 2.17. The van der Waals surface area contributed by atoms with Gasteiger partial charge in [-0.3, -0.25) is 14.4 Å².